The third kappa shape index (κ3) is 3.02. The van der Waals surface area contributed by atoms with Gasteiger partial charge < -0.3 is 5.32 Å². The van der Waals surface area contributed by atoms with Crippen LogP contribution in [0.2, 0.25) is 10.0 Å². The molecule has 0 aliphatic carbocycles. The summed E-state index contributed by atoms with van der Waals surface area (Å²) in [6.45, 7) is 0. The lowest BCUT2D eigenvalue weighted by Gasteiger charge is -2.16. The zero-order valence-electron chi connectivity index (χ0n) is 9.41. The SMILES string of the molecule is CNC(Cc1c(Cl)cccc1Cl)c1ccsc1. The van der Waals surface area contributed by atoms with Crippen molar-refractivity contribution in [2.24, 2.45) is 0 Å². The molecule has 0 spiro atoms. The molecule has 0 fully saturated rings. The molecule has 0 saturated heterocycles. The Morgan fingerprint density at radius 2 is 1.94 bits per heavy atom. The molecule has 0 saturated carbocycles. The monoisotopic (exact) mass is 285 g/mol. The predicted molar refractivity (Wildman–Crippen MR) is 76.3 cm³/mol. The fourth-order valence-electron chi connectivity index (χ4n) is 1.79. The van der Waals surface area contributed by atoms with Gasteiger partial charge in [-0.05, 0) is 53.6 Å². The topological polar surface area (TPSA) is 12.0 Å². The normalized spacial score (nSPS) is 12.6. The first-order valence-corrected chi connectivity index (χ1v) is 7.04. The zero-order valence-corrected chi connectivity index (χ0v) is 11.7. The van der Waals surface area contributed by atoms with Crippen molar-refractivity contribution >= 4 is 34.5 Å². The molecular formula is C13H13Cl2NS. The molecule has 0 amide bonds. The van der Waals surface area contributed by atoms with E-state index < -0.39 is 0 Å². The Bertz CT molecular complexity index is 462. The third-order valence-corrected chi connectivity index (χ3v) is 4.17. The van der Waals surface area contributed by atoms with E-state index in [-0.39, 0.29) is 6.04 Å². The van der Waals surface area contributed by atoms with Gasteiger partial charge in [-0.1, -0.05) is 29.3 Å². The fourth-order valence-corrected chi connectivity index (χ4v) is 3.06. The second kappa shape index (κ2) is 5.87. The van der Waals surface area contributed by atoms with E-state index in [4.69, 9.17) is 23.2 Å². The van der Waals surface area contributed by atoms with Crippen molar-refractivity contribution in [2.45, 2.75) is 12.5 Å². The van der Waals surface area contributed by atoms with Gasteiger partial charge in [-0.2, -0.15) is 11.3 Å². The van der Waals surface area contributed by atoms with Crippen molar-refractivity contribution in [3.63, 3.8) is 0 Å². The molecule has 0 aliphatic rings. The molecule has 0 bridgehead atoms. The number of thiophene rings is 1. The number of hydrogen-bond acceptors (Lipinski definition) is 2. The van der Waals surface area contributed by atoms with Gasteiger partial charge in [0.2, 0.25) is 0 Å². The van der Waals surface area contributed by atoms with E-state index in [1.54, 1.807) is 11.3 Å². The largest absolute Gasteiger partial charge is 0.313 e. The lowest BCUT2D eigenvalue weighted by atomic mass is 10.0. The average molecular weight is 286 g/mol. The molecule has 1 aromatic heterocycles. The van der Waals surface area contributed by atoms with Crippen LogP contribution in [0.15, 0.2) is 35.0 Å². The van der Waals surface area contributed by atoms with Crippen molar-refractivity contribution < 1.29 is 0 Å². The van der Waals surface area contributed by atoms with Crippen LogP contribution >= 0.6 is 34.5 Å². The maximum absolute atomic E-state index is 6.18. The van der Waals surface area contributed by atoms with Crippen LogP contribution < -0.4 is 5.32 Å². The third-order valence-electron chi connectivity index (χ3n) is 2.76. The maximum Gasteiger partial charge on any atom is 0.0453 e. The lowest BCUT2D eigenvalue weighted by Crippen LogP contribution is -2.18. The Labute approximate surface area is 115 Å². The van der Waals surface area contributed by atoms with Gasteiger partial charge in [-0.15, -0.1) is 0 Å². The van der Waals surface area contributed by atoms with Gasteiger partial charge in [0, 0.05) is 16.1 Å². The van der Waals surface area contributed by atoms with Gasteiger partial charge in [-0.25, -0.2) is 0 Å². The lowest BCUT2D eigenvalue weighted by molar-refractivity contribution is 0.594. The van der Waals surface area contributed by atoms with E-state index in [1.165, 1.54) is 5.56 Å². The number of nitrogens with one attached hydrogen (secondary N) is 1. The van der Waals surface area contributed by atoms with Crippen LogP contribution in [0.25, 0.3) is 0 Å². The highest BCUT2D eigenvalue weighted by Gasteiger charge is 2.14. The zero-order chi connectivity index (χ0) is 12.3. The quantitative estimate of drug-likeness (QED) is 0.869. The van der Waals surface area contributed by atoms with Gasteiger partial charge in [0.15, 0.2) is 0 Å². The summed E-state index contributed by atoms with van der Waals surface area (Å²) < 4.78 is 0. The molecule has 1 heterocycles. The van der Waals surface area contributed by atoms with E-state index in [2.05, 4.69) is 22.1 Å². The Hall–Kier alpha value is -0.540. The van der Waals surface area contributed by atoms with E-state index in [9.17, 15) is 0 Å². The van der Waals surface area contributed by atoms with E-state index >= 15 is 0 Å². The number of benzene rings is 1. The summed E-state index contributed by atoms with van der Waals surface area (Å²) >= 11 is 14.1. The van der Waals surface area contributed by atoms with Crippen molar-refractivity contribution in [3.8, 4) is 0 Å². The Kier molecular flexibility index (Phi) is 4.46. The van der Waals surface area contributed by atoms with E-state index in [0.29, 0.717) is 0 Å². The summed E-state index contributed by atoms with van der Waals surface area (Å²) in [5.74, 6) is 0. The molecule has 17 heavy (non-hydrogen) atoms. The number of likely N-dealkylation sites (N-methyl/N-ethyl adjacent to an activating group) is 1. The van der Waals surface area contributed by atoms with Crippen LogP contribution in [0, 0.1) is 0 Å². The van der Waals surface area contributed by atoms with Crippen LogP contribution in [0.5, 0.6) is 0 Å². The molecule has 90 valence electrons. The first-order valence-electron chi connectivity index (χ1n) is 5.34. The minimum absolute atomic E-state index is 0.249. The van der Waals surface area contributed by atoms with Crippen molar-refractivity contribution in [3.05, 3.63) is 56.2 Å². The Balaban J connectivity index is 2.25. The molecule has 1 atom stereocenters. The average Bonchev–Trinajstić information content (AvgIpc) is 2.82. The summed E-state index contributed by atoms with van der Waals surface area (Å²) in [6.07, 6.45) is 0.797. The number of halogens is 2. The number of hydrogen-bond donors (Lipinski definition) is 1. The highest BCUT2D eigenvalue weighted by Crippen LogP contribution is 2.29. The van der Waals surface area contributed by atoms with Gasteiger partial charge >= 0.3 is 0 Å². The minimum Gasteiger partial charge on any atom is -0.313 e. The molecule has 1 N–H and O–H groups in total. The van der Waals surface area contributed by atoms with Crippen LogP contribution in [0.3, 0.4) is 0 Å². The second-order valence-electron chi connectivity index (χ2n) is 3.80. The highest BCUT2D eigenvalue weighted by atomic mass is 35.5. The van der Waals surface area contributed by atoms with Gasteiger partial charge in [0.1, 0.15) is 0 Å². The fraction of sp³-hybridized carbons (Fsp3) is 0.231. The molecule has 0 radical (unpaired) electrons. The van der Waals surface area contributed by atoms with Crippen molar-refractivity contribution in [1.29, 1.82) is 0 Å². The Morgan fingerprint density at radius 3 is 2.47 bits per heavy atom. The minimum atomic E-state index is 0.249. The molecule has 4 heteroatoms. The number of rotatable bonds is 4. The summed E-state index contributed by atoms with van der Waals surface area (Å²) in [7, 11) is 1.95. The summed E-state index contributed by atoms with van der Waals surface area (Å²) in [5.41, 5.74) is 2.27. The molecule has 1 nitrogen and oxygen atoms in total. The molecule has 1 aromatic carbocycles. The summed E-state index contributed by atoms with van der Waals surface area (Å²) in [4.78, 5) is 0. The van der Waals surface area contributed by atoms with E-state index in [0.717, 1.165) is 22.0 Å². The molecule has 2 rings (SSSR count). The standard InChI is InChI=1S/C13H13Cl2NS/c1-16-13(9-5-6-17-8-9)7-10-11(14)3-2-4-12(10)15/h2-6,8,13,16H,7H2,1H3. The predicted octanol–water partition coefficient (Wildman–Crippen LogP) is 4.56. The molecule has 2 aromatic rings. The van der Waals surface area contributed by atoms with Crippen LogP contribution in [0.4, 0.5) is 0 Å². The second-order valence-corrected chi connectivity index (χ2v) is 5.40. The first kappa shape index (κ1) is 12.9. The summed E-state index contributed by atoms with van der Waals surface area (Å²) in [6, 6.07) is 7.99. The van der Waals surface area contributed by atoms with E-state index in [1.807, 2.05) is 25.2 Å². The van der Waals surface area contributed by atoms with Gasteiger partial charge in [0.25, 0.3) is 0 Å². The van der Waals surface area contributed by atoms with Crippen LogP contribution in [0.1, 0.15) is 17.2 Å². The first-order chi connectivity index (χ1) is 8.22. The molecular weight excluding hydrogens is 273 g/mol. The maximum atomic E-state index is 6.18. The summed E-state index contributed by atoms with van der Waals surface area (Å²) in [5, 5.41) is 8.98. The van der Waals surface area contributed by atoms with Crippen molar-refractivity contribution in [1.82, 2.24) is 5.32 Å². The van der Waals surface area contributed by atoms with Gasteiger partial charge in [-0.3, -0.25) is 0 Å². The smallest absolute Gasteiger partial charge is 0.0453 e. The van der Waals surface area contributed by atoms with Crippen LogP contribution in [-0.2, 0) is 6.42 Å². The van der Waals surface area contributed by atoms with Crippen LogP contribution in [-0.4, -0.2) is 7.05 Å². The molecule has 1 unspecified atom stereocenters. The highest BCUT2D eigenvalue weighted by molar-refractivity contribution is 7.07. The Morgan fingerprint density at radius 1 is 1.24 bits per heavy atom. The van der Waals surface area contributed by atoms with Crippen molar-refractivity contribution in [2.75, 3.05) is 7.05 Å². The van der Waals surface area contributed by atoms with Gasteiger partial charge in [0.05, 0.1) is 0 Å². The molecule has 0 aliphatic heterocycles.